The molecule has 0 amide bonds. The molecule has 1 aromatic heterocycles. The van der Waals surface area contributed by atoms with Crippen LogP contribution in [0.5, 0.6) is 0 Å². The summed E-state index contributed by atoms with van der Waals surface area (Å²) >= 11 is 1.86. The Labute approximate surface area is 120 Å². The lowest BCUT2D eigenvalue weighted by Crippen LogP contribution is -2.31. The van der Waals surface area contributed by atoms with Gasteiger partial charge in [-0.2, -0.15) is 0 Å². The molecule has 1 atom stereocenters. The lowest BCUT2D eigenvalue weighted by Gasteiger charge is -2.26. The summed E-state index contributed by atoms with van der Waals surface area (Å²) in [6.45, 7) is 8.07. The van der Waals surface area contributed by atoms with Crippen LogP contribution in [0.1, 0.15) is 62.3 Å². The van der Waals surface area contributed by atoms with Gasteiger partial charge in [0.25, 0.3) is 0 Å². The molecule has 0 bridgehead atoms. The molecule has 0 saturated heterocycles. The molecule has 0 radical (unpaired) electrons. The van der Waals surface area contributed by atoms with Gasteiger partial charge in [-0.1, -0.05) is 20.3 Å². The second-order valence-electron chi connectivity index (χ2n) is 6.61. The third-order valence-electron chi connectivity index (χ3n) is 3.78. The average Bonchev–Trinajstić information content (AvgIpc) is 2.61. The summed E-state index contributed by atoms with van der Waals surface area (Å²) in [5.74, 6) is 0.741. The van der Waals surface area contributed by atoms with Crippen LogP contribution in [0, 0.1) is 5.41 Å². The topological polar surface area (TPSA) is 45.1 Å². The summed E-state index contributed by atoms with van der Waals surface area (Å²) < 4.78 is 0. The van der Waals surface area contributed by atoms with Crippen molar-refractivity contribution in [2.75, 3.05) is 6.54 Å². The lowest BCUT2D eigenvalue weighted by atomic mass is 9.86. The van der Waals surface area contributed by atoms with Gasteiger partial charge in [0, 0.05) is 30.1 Å². The molecule has 19 heavy (non-hydrogen) atoms. The standard InChI is InChI=1S/C15H26N2OS/c1-11(18)7-15(2,3)10-16-8-13-9-17-14(19-13)12-5-4-6-12/h9,11-12,16,18H,4-8,10H2,1-3H3. The van der Waals surface area contributed by atoms with E-state index >= 15 is 0 Å². The first kappa shape index (κ1) is 14.9. The minimum Gasteiger partial charge on any atom is -0.393 e. The predicted octanol–water partition coefficient (Wildman–Crippen LogP) is 3.30. The SMILES string of the molecule is CC(O)CC(C)(C)CNCc1cnc(C2CCC2)s1. The smallest absolute Gasteiger partial charge is 0.0959 e. The Morgan fingerprint density at radius 3 is 2.84 bits per heavy atom. The van der Waals surface area contributed by atoms with Crippen molar-refractivity contribution in [2.24, 2.45) is 5.41 Å². The minimum absolute atomic E-state index is 0.135. The van der Waals surface area contributed by atoms with Crippen LogP contribution in [0.4, 0.5) is 0 Å². The summed E-state index contributed by atoms with van der Waals surface area (Å²) in [6, 6.07) is 0. The number of aromatic nitrogens is 1. The highest BCUT2D eigenvalue weighted by Crippen LogP contribution is 2.38. The van der Waals surface area contributed by atoms with E-state index < -0.39 is 0 Å². The summed E-state index contributed by atoms with van der Waals surface area (Å²) in [7, 11) is 0. The third kappa shape index (κ3) is 4.55. The first-order valence-electron chi connectivity index (χ1n) is 7.30. The molecule has 1 aromatic rings. The number of nitrogens with one attached hydrogen (secondary N) is 1. The van der Waals surface area contributed by atoms with Gasteiger partial charge >= 0.3 is 0 Å². The van der Waals surface area contributed by atoms with E-state index in [9.17, 15) is 5.11 Å². The van der Waals surface area contributed by atoms with Crippen LogP contribution in [0.15, 0.2) is 6.20 Å². The van der Waals surface area contributed by atoms with Gasteiger partial charge in [0.15, 0.2) is 0 Å². The first-order chi connectivity index (χ1) is 8.96. The predicted molar refractivity (Wildman–Crippen MR) is 80.5 cm³/mol. The van der Waals surface area contributed by atoms with E-state index in [0.717, 1.165) is 25.4 Å². The molecule has 1 aliphatic carbocycles. The van der Waals surface area contributed by atoms with E-state index in [1.807, 2.05) is 24.5 Å². The van der Waals surface area contributed by atoms with Gasteiger partial charge in [-0.3, -0.25) is 0 Å². The van der Waals surface area contributed by atoms with Crippen molar-refractivity contribution in [2.45, 2.75) is 65.0 Å². The highest BCUT2D eigenvalue weighted by atomic mass is 32.1. The van der Waals surface area contributed by atoms with Crippen LogP contribution in [0.3, 0.4) is 0 Å². The van der Waals surface area contributed by atoms with Gasteiger partial charge in [-0.15, -0.1) is 11.3 Å². The molecule has 1 unspecified atom stereocenters. The van der Waals surface area contributed by atoms with Crippen LogP contribution in [0.25, 0.3) is 0 Å². The molecule has 108 valence electrons. The van der Waals surface area contributed by atoms with Crippen molar-refractivity contribution < 1.29 is 5.11 Å². The summed E-state index contributed by atoms with van der Waals surface area (Å²) in [5, 5.41) is 14.3. The average molecular weight is 282 g/mol. The normalized spacial score (nSPS) is 18.3. The molecule has 1 aliphatic rings. The van der Waals surface area contributed by atoms with Gasteiger partial charge < -0.3 is 10.4 Å². The number of thiazole rings is 1. The highest BCUT2D eigenvalue weighted by molar-refractivity contribution is 7.11. The van der Waals surface area contributed by atoms with Crippen LogP contribution in [-0.2, 0) is 6.54 Å². The van der Waals surface area contributed by atoms with Gasteiger partial charge in [-0.05, 0) is 31.6 Å². The maximum Gasteiger partial charge on any atom is 0.0959 e. The Morgan fingerprint density at radius 2 is 2.26 bits per heavy atom. The quantitative estimate of drug-likeness (QED) is 0.806. The van der Waals surface area contributed by atoms with Crippen molar-refractivity contribution in [1.29, 1.82) is 0 Å². The van der Waals surface area contributed by atoms with E-state index in [2.05, 4.69) is 24.1 Å². The Kier molecular flexibility index (Phi) is 4.98. The second-order valence-corrected chi connectivity index (χ2v) is 7.76. The minimum atomic E-state index is -0.231. The summed E-state index contributed by atoms with van der Waals surface area (Å²) in [5.41, 5.74) is 0.135. The highest BCUT2D eigenvalue weighted by Gasteiger charge is 2.23. The fourth-order valence-electron chi connectivity index (χ4n) is 2.64. The van der Waals surface area contributed by atoms with Crippen molar-refractivity contribution in [1.82, 2.24) is 10.3 Å². The van der Waals surface area contributed by atoms with E-state index in [0.29, 0.717) is 0 Å². The van der Waals surface area contributed by atoms with Crippen LogP contribution < -0.4 is 5.32 Å². The number of aliphatic hydroxyl groups is 1. The van der Waals surface area contributed by atoms with Crippen molar-refractivity contribution in [3.8, 4) is 0 Å². The number of hydrogen-bond donors (Lipinski definition) is 2. The molecule has 4 heteroatoms. The molecule has 2 N–H and O–H groups in total. The molecular formula is C15H26N2OS. The fraction of sp³-hybridized carbons (Fsp3) is 0.800. The van der Waals surface area contributed by atoms with Gasteiger partial charge in [0.05, 0.1) is 11.1 Å². The molecule has 0 spiro atoms. The maximum atomic E-state index is 9.47. The van der Waals surface area contributed by atoms with Gasteiger partial charge in [0.1, 0.15) is 0 Å². The Hall–Kier alpha value is -0.450. The number of rotatable bonds is 7. The van der Waals surface area contributed by atoms with E-state index in [4.69, 9.17) is 0 Å². The molecule has 3 nitrogen and oxygen atoms in total. The zero-order valence-corrected chi connectivity index (χ0v) is 13.1. The van der Waals surface area contributed by atoms with Crippen molar-refractivity contribution in [3.05, 3.63) is 16.1 Å². The van der Waals surface area contributed by atoms with Crippen LogP contribution in [0.2, 0.25) is 0 Å². The largest absolute Gasteiger partial charge is 0.393 e. The Balaban J connectivity index is 1.74. The number of hydrogen-bond acceptors (Lipinski definition) is 4. The van der Waals surface area contributed by atoms with Crippen LogP contribution >= 0.6 is 11.3 Å². The summed E-state index contributed by atoms with van der Waals surface area (Å²) in [4.78, 5) is 5.87. The maximum absolute atomic E-state index is 9.47. The first-order valence-corrected chi connectivity index (χ1v) is 8.11. The molecule has 1 heterocycles. The van der Waals surface area contributed by atoms with Crippen molar-refractivity contribution in [3.63, 3.8) is 0 Å². The Bertz CT molecular complexity index is 397. The van der Waals surface area contributed by atoms with Crippen LogP contribution in [-0.4, -0.2) is 22.7 Å². The van der Waals surface area contributed by atoms with Crippen molar-refractivity contribution >= 4 is 11.3 Å². The zero-order valence-electron chi connectivity index (χ0n) is 12.3. The molecule has 0 aromatic carbocycles. The third-order valence-corrected chi connectivity index (χ3v) is 4.94. The second kappa shape index (κ2) is 6.33. The van der Waals surface area contributed by atoms with E-state index in [-0.39, 0.29) is 11.5 Å². The molecule has 1 fully saturated rings. The zero-order chi connectivity index (χ0) is 13.9. The van der Waals surface area contributed by atoms with E-state index in [1.54, 1.807) is 0 Å². The van der Waals surface area contributed by atoms with E-state index in [1.165, 1.54) is 29.1 Å². The number of nitrogens with zero attached hydrogens (tertiary/aromatic N) is 1. The molecule has 1 saturated carbocycles. The molecule has 0 aliphatic heterocycles. The fourth-order valence-corrected chi connectivity index (χ4v) is 3.70. The monoisotopic (exact) mass is 282 g/mol. The summed E-state index contributed by atoms with van der Waals surface area (Å²) in [6.07, 6.45) is 6.63. The van der Waals surface area contributed by atoms with Gasteiger partial charge in [-0.25, -0.2) is 4.98 Å². The Morgan fingerprint density at radius 1 is 1.53 bits per heavy atom. The molecular weight excluding hydrogens is 256 g/mol. The van der Waals surface area contributed by atoms with Gasteiger partial charge in [0.2, 0.25) is 0 Å². The molecule has 2 rings (SSSR count). The number of aliphatic hydroxyl groups excluding tert-OH is 1. The lowest BCUT2D eigenvalue weighted by molar-refractivity contribution is 0.128.